The lowest BCUT2D eigenvalue weighted by molar-refractivity contribution is 0.00954. The van der Waals surface area contributed by atoms with Crippen LogP contribution < -0.4 is 0 Å². The van der Waals surface area contributed by atoms with Crippen LogP contribution in [-0.2, 0) is 15.1 Å². The van der Waals surface area contributed by atoms with Crippen LogP contribution in [0.25, 0.3) is 0 Å². The summed E-state index contributed by atoms with van der Waals surface area (Å²) in [7, 11) is 3.25. The van der Waals surface area contributed by atoms with Gasteiger partial charge in [-0.3, -0.25) is 0 Å². The SMILES string of the molecule is CC.CC1(C)OC(=O)c2ccccc21.CC1CC2C3CCC(C3)C2C1.CCC.COC. The van der Waals surface area contributed by atoms with Crippen LogP contribution in [0.2, 0.25) is 0 Å². The second kappa shape index (κ2) is 13.3. The Morgan fingerprint density at radius 3 is 1.87 bits per heavy atom. The highest BCUT2D eigenvalue weighted by atomic mass is 16.6. The zero-order chi connectivity index (χ0) is 23.6. The van der Waals surface area contributed by atoms with Gasteiger partial charge in [-0.2, -0.15) is 0 Å². The second-order valence-electron chi connectivity index (χ2n) is 9.80. The maximum Gasteiger partial charge on any atom is 0.339 e. The number of carbonyl (C=O) groups excluding carboxylic acids is 1. The van der Waals surface area contributed by atoms with Gasteiger partial charge >= 0.3 is 5.97 Å². The minimum atomic E-state index is -0.451. The molecule has 31 heavy (non-hydrogen) atoms. The van der Waals surface area contributed by atoms with Crippen LogP contribution in [-0.4, -0.2) is 20.2 Å². The molecule has 178 valence electrons. The minimum Gasteiger partial charge on any atom is -0.451 e. The third-order valence-electron chi connectivity index (χ3n) is 6.77. The molecule has 3 aliphatic carbocycles. The Hall–Kier alpha value is -1.35. The monoisotopic (exact) mass is 432 g/mol. The van der Waals surface area contributed by atoms with E-state index in [0.29, 0.717) is 5.56 Å². The van der Waals surface area contributed by atoms with Gasteiger partial charge in [-0.1, -0.05) is 59.2 Å². The minimum absolute atomic E-state index is 0.212. The van der Waals surface area contributed by atoms with E-state index in [0.717, 1.165) is 11.5 Å². The first-order valence-electron chi connectivity index (χ1n) is 12.5. The van der Waals surface area contributed by atoms with E-state index in [4.69, 9.17) is 4.74 Å². The van der Waals surface area contributed by atoms with E-state index in [-0.39, 0.29) is 5.97 Å². The molecule has 0 N–H and O–H groups in total. The molecule has 3 heteroatoms. The van der Waals surface area contributed by atoms with Crippen LogP contribution in [0.1, 0.15) is 103 Å². The quantitative estimate of drug-likeness (QED) is 0.391. The fourth-order valence-electron chi connectivity index (χ4n) is 5.82. The molecule has 4 aliphatic rings. The van der Waals surface area contributed by atoms with Crippen LogP contribution in [0.4, 0.5) is 0 Å². The Labute approximate surface area is 192 Å². The molecule has 4 unspecified atom stereocenters. The number of methoxy groups -OCH3 is 1. The van der Waals surface area contributed by atoms with Gasteiger partial charge in [0.25, 0.3) is 0 Å². The van der Waals surface area contributed by atoms with Crippen molar-refractivity contribution in [3.8, 4) is 0 Å². The zero-order valence-electron chi connectivity index (χ0n) is 21.7. The van der Waals surface area contributed by atoms with Crippen molar-refractivity contribution in [1.82, 2.24) is 0 Å². The molecule has 1 heterocycles. The molecule has 4 atom stereocenters. The maximum absolute atomic E-state index is 11.3. The average Bonchev–Trinajstić information content (AvgIpc) is 3.48. The van der Waals surface area contributed by atoms with Gasteiger partial charge in [-0.15, -0.1) is 0 Å². The van der Waals surface area contributed by atoms with Crippen LogP contribution in [0.15, 0.2) is 24.3 Å². The lowest BCUT2D eigenvalue weighted by atomic mass is 9.82. The highest BCUT2D eigenvalue weighted by molar-refractivity contribution is 5.94. The van der Waals surface area contributed by atoms with Crippen molar-refractivity contribution in [2.45, 2.75) is 92.6 Å². The van der Waals surface area contributed by atoms with Gasteiger partial charge in [0.05, 0.1) is 5.56 Å². The molecule has 5 rings (SSSR count). The number of ether oxygens (including phenoxy) is 2. The molecule has 0 saturated heterocycles. The molecule has 0 aromatic heterocycles. The topological polar surface area (TPSA) is 35.5 Å². The molecule has 3 fully saturated rings. The number of fused-ring (bicyclic) bond motifs is 6. The van der Waals surface area contributed by atoms with E-state index in [9.17, 15) is 4.79 Å². The first-order chi connectivity index (χ1) is 14.8. The Morgan fingerprint density at radius 2 is 1.42 bits per heavy atom. The molecule has 0 radical (unpaired) electrons. The number of hydrogen-bond acceptors (Lipinski definition) is 3. The predicted octanol–water partition coefficient (Wildman–Crippen LogP) is 7.88. The van der Waals surface area contributed by atoms with E-state index in [1.165, 1.54) is 30.1 Å². The van der Waals surface area contributed by atoms with E-state index in [1.54, 1.807) is 52.4 Å². The van der Waals surface area contributed by atoms with Crippen molar-refractivity contribution in [2.75, 3.05) is 14.2 Å². The Morgan fingerprint density at radius 1 is 0.968 bits per heavy atom. The third-order valence-corrected chi connectivity index (χ3v) is 6.77. The fourth-order valence-corrected chi connectivity index (χ4v) is 5.82. The lowest BCUT2D eigenvalue weighted by Crippen LogP contribution is -2.15. The molecule has 3 nitrogen and oxygen atoms in total. The Kier molecular flexibility index (Phi) is 11.8. The van der Waals surface area contributed by atoms with Crippen molar-refractivity contribution >= 4 is 5.97 Å². The Bertz CT molecular complexity index is 631. The summed E-state index contributed by atoms with van der Waals surface area (Å²) in [5.41, 5.74) is 1.23. The molecule has 1 aromatic carbocycles. The van der Waals surface area contributed by atoms with Crippen molar-refractivity contribution in [3.05, 3.63) is 35.4 Å². The summed E-state index contributed by atoms with van der Waals surface area (Å²) in [6.45, 7) is 14.5. The molecule has 2 bridgehead atoms. The van der Waals surface area contributed by atoms with Crippen molar-refractivity contribution < 1.29 is 14.3 Å². The van der Waals surface area contributed by atoms with Crippen LogP contribution >= 0.6 is 0 Å². The summed E-state index contributed by atoms with van der Waals surface area (Å²) in [6, 6.07) is 7.50. The number of esters is 1. The number of cyclic esters (lactones) is 1. The highest BCUT2D eigenvalue weighted by Gasteiger charge is 2.50. The smallest absolute Gasteiger partial charge is 0.339 e. The summed E-state index contributed by atoms with van der Waals surface area (Å²) < 4.78 is 9.43. The normalized spacial score (nSPS) is 30.0. The molecule has 1 aliphatic heterocycles. The Balaban J connectivity index is 0.000000234. The molecule has 3 saturated carbocycles. The summed E-state index contributed by atoms with van der Waals surface area (Å²) in [5, 5.41) is 0. The molecular formula is C28H48O3. The lowest BCUT2D eigenvalue weighted by Gasteiger charge is -2.23. The number of benzene rings is 1. The molecular weight excluding hydrogens is 384 g/mol. The van der Waals surface area contributed by atoms with Gasteiger partial charge in [0.2, 0.25) is 0 Å². The number of carbonyl (C=O) groups is 1. The van der Waals surface area contributed by atoms with Crippen LogP contribution in [0.3, 0.4) is 0 Å². The van der Waals surface area contributed by atoms with E-state index >= 15 is 0 Å². The maximum atomic E-state index is 11.3. The second-order valence-corrected chi connectivity index (χ2v) is 9.80. The molecule has 1 aromatic rings. The van der Waals surface area contributed by atoms with Gasteiger partial charge in [0, 0.05) is 19.8 Å². The van der Waals surface area contributed by atoms with Gasteiger partial charge in [0.1, 0.15) is 5.60 Å². The summed E-state index contributed by atoms with van der Waals surface area (Å²) >= 11 is 0. The average molecular weight is 433 g/mol. The van der Waals surface area contributed by atoms with Crippen LogP contribution in [0.5, 0.6) is 0 Å². The number of rotatable bonds is 0. The molecule has 0 amide bonds. The van der Waals surface area contributed by atoms with E-state index in [2.05, 4.69) is 25.5 Å². The van der Waals surface area contributed by atoms with Gasteiger partial charge < -0.3 is 9.47 Å². The standard InChI is InChI=1S/C11H18.C10H10O2.C3H8.C2H6O.C2H6/c1-7-4-10-8-2-3-9(6-8)11(10)5-7;1-10(2)8-6-4-3-5-7(8)9(11)12-10;2*1-3-2;1-2/h7-11H,2-6H2,1H3;3-6H,1-2H3;3H2,1-2H3;1-2H3;1-2H3. The largest absolute Gasteiger partial charge is 0.451 e. The van der Waals surface area contributed by atoms with Gasteiger partial charge in [-0.05, 0) is 81.6 Å². The fraction of sp³-hybridized carbons (Fsp3) is 0.750. The van der Waals surface area contributed by atoms with Crippen molar-refractivity contribution in [2.24, 2.45) is 29.6 Å². The first kappa shape index (κ1) is 27.7. The zero-order valence-corrected chi connectivity index (χ0v) is 21.7. The molecule has 0 spiro atoms. The van der Waals surface area contributed by atoms with E-state index < -0.39 is 5.60 Å². The van der Waals surface area contributed by atoms with Gasteiger partial charge in [0.15, 0.2) is 0 Å². The third kappa shape index (κ3) is 7.07. The van der Waals surface area contributed by atoms with Crippen molar-refractivity contribution in [3.63, 3.8) is 0 Å². The van der Waals surface area contributed by atoms with E-state index in [1.807, 2.05) is 45.9 Å². The van der Waals surface area contributed by atoms with Crippen LogP contribution in [0, 0.1) is 29.6 Å². The highest BCUT2D eigenvalue weighted by Crippen LogP contribution is 2.59. The summed E-state index contributed by atoms with van der Waals surface area (Å²) in [5.74, 6) is 5.57. The van der Waals surface area contributed by atoms with Gasteiger partial charge in [-0.25, -0.2) is 4.79 Å². The number of hydrogen-bond donors (Lipinski definition) is 0. The first-order valence-corrected chi connectivity index (χ1v) is 12.5. The summed E-state index contributed by atoms with van der Waals surface area (Å²) in [6.07, 6.45) is 9.18. The summed E-state index contributed by atoms with van der Waals surface area (Å²) in [4.78, 5) is 11.3. The van der Waals surface area contributed by atoms with Crippen molar-refractivity contribution in [1.29, 1.82) is 0 Å². The predicted molar refractivity (Wildman–Crippen MR) is 131 cm³/mol.